The van der Waals surface area contributed by atoms with Crippen LogP contribution in [0, 0.1) is 34.5 Å². The summed E-state index contributed by atoms with van der Waals surface area (Å²) in [5, 5.41) is 62.5. The molecule has 0 amide bonds. The Balaban J connectivity index is 1.07. The second-order valence-electron chi connectivity index (χ2n) is 15.5. The summed E-state index contributed by atoms with van der Waals surface area (Å²) < 4.78 is 29.7. The molecule has 12 nitrogen and oxygen atoms in total. The van der Waals surface area contributed by atoms with E-state index < -0.39 is 68.0 Å². The molecule has 18 atom stereocenters. The van der Waals surface area contributed by atoms with Gasteiger partial charge in [0, 0.05) is 11.5 Å². The molecule has 0 aromatic heterocycles. The third-order valence-electron chi connectivity index (χ3n) is 13.2. The molecule has 6 fully saturated rings. The minimum absolute atomic E-state index is 0.00465. The van der Waals surface area contributed by atoms with Crippen LogP contribution in [-0.2, 0) is 28.5 Å². The predicted molar refractivity (Wildman–Crippen MR) is 159 cm³/mol. The molecule has 0 radical (unpaired) electrons. The van der Waals surface area contributed by atoms with Crippen molar-refractivity contribution in [3.63, 3.8) is 0 Å². The molecule has 7 rings (SSSR count). The number of carbonyl (C=O) groups excluding carboxylic acids is 1. The van der Waals surface area contributed by atoms with Gasteiger partial charge in [-0.05, 0) is 80.5 Å². The Morgan fingerprint density at radius 2 is 1.70 bits per heavy atom. The van der Waals surface area contributed by atoms with E-state index in [2.05, 4.69) is 26.5 Å². The maximum atomic E-state index is 12.3. The topological polar surface area (TPSA) is 185 Å². The van der Waals surface area contributed by atoms with Crippen LogP contribution in [0.4, 0.5) is 0 Å². The van der Waals surface area contributed by atoms with Crippen LogP contribution < -0.4 is 0 Å². The first-order valence-corrected chi connectivity index (χ1v) is 17.0. The van der Waals surface area contributed by atoms with Crippen LogP contribution in [0.15, 0.2) is 23.8 Å². The average Bonchev–Trinajstić information content (AvgIpc) is 3.49. The summed E-state index contributed by atoms with van der Waals surface area (Å²) >= 11 is 0. The van der Waals surface area contributed by atoms with Gasteiger partial charge in [-0.15, -0.1) is 0 Å². The van der Waals surface area contributed by atoms with Crippen molar-refractivity contribution in [2.75, 3.05) is 6.61 Å². The van der Waals surface area contributed by atoms with Crippen molar-refractivity contribution in [3.05, 3.63) is 23.8 Å². The number of ether oxygens (including phenoxy) is 5. The normalized spacial score (nSPS) is 55.1. The van der Waals surface area contributed by atoms with Crippen LogP contribution in [0.5, 0.6) is 0 Å². The molecule has 0 aromatic rings. The molecule has 7 aliphatic rings. The molecule has 3 heterocycles. The number of allylic oxidation sites excluding steroid dienone is 1. The number of esters is 1. The van der Waals surface area contributed by atoms with Gasteiger partial charge in [0.25, 0.3) is 0 Å². The van der Waals surface area contributed by atoms with Gasteiger partial charge in [0.2, 0.25) is 0 Å². The second kappa shape index (κ2) is 11.9. The van der Waals surface area contributed by atoms with Gasteiger partial charge >= 0.3 is 5.97 Å². The third-order valence-corrected chi connectivity index (χ3v) is 13.2. The standard InChI is InChI=1S/C34H50O12/c1-14-23-21(44-30(14)41)12-20-18-6-5-16-11-17(7-9-33(16,3)19(18)8-10-34(20,23)4)43-32-29(27(39)25(37)22(13-35)45-32)46-31-28(40)26(38)24(36)15(2)42-31/h5,15,17-29,31-32,35-40H,1,6-13H2,2-4H3. The van der Waals surface area contributed by atoms with E-state index in [9.17, 15) is 35.4 Å². The van der Waals surface area contributed by atoms with Gasteiger partial charge in [0.05, 0.1) is 18.8 Å². The fraction of sp³-hybridized carbons (Fsp3) is 0.853. The summed E-state index contributed by atoms with van der Waals surface area (Å²) in [6, 6.07) is 0. The number of hydrogen-bond acceptors (Lipinski definition) is 12. The van der Waals surface area contributed by atoms with Crippen LogP contribution in [-0.4, -0.2) is 117 Å². The molecule has 6 N–H and O–H groups in total. The first-order chi connectivity index (χ1) is 21.8. The van der Waals surface area contributed by atoms with E-state index in [-0.39, 0.29) is 34.9 Å². The lowest BCUT2D eigenvalue weighted by molar-refractivity contribution is -0.369. The highest BCUT2D eigenvalue weighted by Gasteiger charge is 2.65. The molecule has 3 saturated heterocycles. The Labute approximate surface area is 269 Å². The molecule has 0 spiro atoms. The van der Waals surface area contributed by atoms with Crippen LogP contribution >= 0.6 is 0 Å². The van der Waals surface area contributed by atoms with E-state index in [4.69, 9.17) is 23.7 Å². The molecule has 0 aromatic carbocycles. The van der Waals surface area contributed by atoms with Crippen molar-refractivity contribution in [2.45, 2.75) is 139 Å². The van der Waals surface area contributed by atoms with Crippen LogP contribution in [0.25, 0.3) is 0 Å². The highest BCUT2D eigenvalue weighted by atomic mass is 16.8. The quantitative estimate of drug-likeness (QED) is 0.139. The van der Waals surface area contributed by atoms with Crippen LogP contribution in [0.1, 0.15) is 65.7 Å². The van der Waals surface area contributed by atoms with Crippen LogP contribution in [0.3, 0.4) is 0 Å². The molecule has 258 valence electrons. The lowest BCUT2D eigenvalue weighted by Crippen LogP contribution is -2.64. The van der Waals surface area contributed by atoms with Crippen LogP contribution in [0.2, 0.25) is 0 Å². The maximum Gasteiger partial charge on any atom is 0.334 e. The van der Waals surface area contributed by atoms with Crippen molar-refractivity contribution in [1.82, 2.24) is 0 Å². The Hall–Kier alpha value is -1.45. The summed E-state index contributed by atoms with van der Waals surface area (Å²) in [5.74, 6) is 1.34. The number of hydrogen-bond donors (Lipinski definition) is 6. The van der Waals surface area contributed by atoms with Gasteiger partial charge in [0.15, 0.2) is 12.6 Å². The van der Waals surface area contributed by atoms with E-state index in [0.29, 0.717) is 29.7 Å². The molecule has 3 aliphatic heterocycles. The van der Waals surface area contributed by atoms with Crippen molar-refractivity contribution in [2.24, 2.45) is 34.5 Å². The van der Waals surface area contributed by atoms with E-state index >= 15 is 0 Å². The molecule has 0 bridgehead atoms. The second-order valence-corrected chi connectivity index (χ2v) is 15.5. The Morgan fingerprint density at radius 3 is 2.43 bits per heavy atom. The van der Waals surface area contributed by atoms with Crippen molar-refractivity contribution in [3.8, 4) is 0 Å². The Kier molecular flexibility index (Phi) is 8.52. The van der Waals surface area contributed by atoms with Gasteiger partial charge < -0.3 is 54.3 Å². The van der Waals surface area contributed by atoms with E-state index in [0.717, 1.165) is 38.5 Å². The van der Waals surface area contributed by atoms with Crippen molar-refractivity contribution in [1.29, 1.82) is 0 Å². The minimum Gasteiger partial charge on any atom is -0.458 e. The summed E-state index contributed by atoms with van der Waals surface area (Å²) in [5.41, 5.74) is 1.99. The first-order valence-electron chi connectivity index (χ1n) is 17.0. The number of carbonyl (C=O) groups is 1. The first kappa shape index (κ1) is 33.1. The summed E-state index contributed by atoms with van der Waals surface area (Å²) in [6.07, 6.45) is -5.23. The Bertz CT molecular complexity index is 1240. The lowest BCUT2D eigenvalue weighted by Gasteiger charge is -2.58. The summed E-state index contributed by atoms with van der Waals surface area (Å²) in [4.78, 5) is 12.3. The zero-order chi connectivity index (χ0) is 32.9. The van der Waals surface area contributed by atoms with Gasteiger partial charge in [-0.25, -0.2) is 4.79 Å². The average molecular weight is 651 g/mol. The zero-order valence-corrected chi connectivity index (χ0v) is 26.8. The highest BCUT2D eigenvalue weighted by molar-refractivity contribution is 5.91. The fourth-order valence-electron chi connectivity index (χ4n) is 10.6. The molecule has 12 heteroatoms. The SMILES string of the molecule is C=C1C(=O)OC2CC3C4CC=C5CC(OC6OC(CO)C(O)C(O)C6OC6OC(C)C(O)C(O)C6O)CCC5(C)C4CCC3(C)C12. The third kappa shape index (κ3) is 4.97. The molecule has 46 heavy (non-hydrogen) atoms. The predicted octanol–water partition coefficient (Wildman–Crippen LogP) is 0.694. The number of aliphatic hydroxyl groups is 6. The highest BCUT2D eigenvalue weighted by Crippen LogP contribution is 2.68. The van der Waals surface area contributed by atoms with E-state index in [1.54, 1.807) is 0 Å². The van der Waals surface area contributed by atoms with E-state index in [1.165, 1.54) is 12.5 Å². The molecule has 18 unspecified atom stereocenters. The molecule has 3 saturated carbocycles. The Morgan fingerprint density at radius 1 is 0.935 bits per heavy atom. The van der Waals surface area contributed by atoms with Crippen molar-refractivity contribution < 1.29 is 59.1 Å². The van der Waals surface area contributed by atoms with E-state index in [1.807, 2.05) is 0 Å². The molecular formula is C34H50O12. The van der Waals surface area contributed by atoms with Gasteiger partial charge in [-0.1, -0.05) is 32.1 Å². The monoisotopic (exact) mass is 650 g/mol. The number of fused-ring (bicyclic) bond motifs is 7. The van der Waals surface area contributed by atoms with Crippen molar-refractivity contribution >= 4 is 5.97 Å². The summed E-state index contributed by atoms with van der Waals surface area (Å²) in [6.45, 7) is 9.80. The van der Waals surface area contributed by atoms with Gasteiger partial charge in [0.1, 0.15) is 48.8 Å². The number of aliphatic hydroxyl groups excluding tert-OH is 6. The number of rotatable bonds is 5. The molecule has 4 aliphatic carbocycles. The molecular weight excluding hydrogens is 600 g/mol. The van der Waals surface area contributed by atoms with Gasteiger partial charge in [-0.3, -0.25) is 0 Å². The lowest BCUT2D eigenvalue weighted by atomic mass is 9.47. The largest absolute Gasteiger partial charge is 0.458 e. The fourth-order valence-corrected chi connectivity index (χ4v) is 10.6. The smallest absolute Gasteiger partial charge is 0.334 e. The minimum atomic E-state index is -1.62. The zero-order valence-electron chi connectivity index (χ0n) is 26.8. The summed E-state index contributed by atoms with van der Waals surface area (Å²) in [7, 11) is 0. The van der Waals surface area contributed by atoms with Gasteiger partial charge in [-0.2, -0.15) is 0 Å². The maximum absolute atomic E-state index is 12.3.